The first kappa shape index (κ1) is 19.1. The number of ether oxygens (including phenoxy) is 1. The Morgan fingerprint density at radius 1 is 0.900 bits per heavy atom. The van der Waals surface area contributed by atoms with E-state index in [2.05, 4.69) is 25.6 Å². The molecule has 0 aliphatic carbocycles. The van der Waals surface area contributed by atoms with Gasteiger partial charge < -0.3 is 15.4 Å². The van der Waals surface area contributed by atoms with Crippen LogP contribution in [0.4, 0.5) is 11.5 Å². The molecule has 0 spiro atoms. The van der Waals surface area contributed by atoms with Crippen molar-refractivity contribution in [3.63, 3.8) is 0 Å². The van der Waals surface area contributed by atoms with Crippen molar-refractivity contribution in [1.29, 1.82) is 0 Å². The van der Waals surface area contributed by atoms with Gasteiger partial charge in [-0.2, -0.15) is 0 Å². The second kappa shape index (κ2) is 9.29. The zero-order chi connectivity index (χ0) is 20.6. The molecule has 0 fully saturated rings. The van der Waals surface area contributed by atoms with Crippen LogP contribution in [0.1, 0.15) is 16.1 Å². The summed E-state index contributed by atoms with van der Waals surface area (Å²) < 4.78 is 5.96. The number of para-hydroxylation sites is 3. The fraction of sp³-hybridized carbons (Fsp3) is 0.0435. The molecule has 0 unspecified atom stereocenters. The highest BCUT2D eigenvalue weighted by Crippen LogP contribution is 2.30. The van der Waals surface area contributed by atoms with E-state index in [9.17, 15) is 4.79 Å². The standard InChI is InChI=1S/C23H19N5O2/c29-23(25-15-17-10-12-24-13-11-17)20-14-22(27-16-26-20)28-19-8-4-5-9-21(19)30-18-6-2-1-3-7-18/h1-14,16H,15H2,(H,25,29)(H,26,27,28). The molecule has 2 heterocycles. The van der Waals surface area contributed by atoms with Crippen LogP contribution in [-0.2, 0) is 6.54 Å². The van der Waals surface area contributed by atoms with Gasteiger partial charge in [0.25, 0.3) is 5.91 Å². The van der Waals surface area contributed by atoms with Crippen molar-refractivity contribution in [2.45, 2.75) is 6.54 Å². The highest BCUT2D eigenvalue weighted by molar-refractivity contribution is 5.93. The SMILES string of the molecule is O=C(NCc1ccncc1)c1cc(Nc2ccccc2Oc2ccccc2)ncn1. The molecule has 4 aromatic rings. The van der Waals surface area contributed by atoms with Crippen molar-refractivity contribution in [2.75, 3.05) is 5.32 Å². The first-order chi connectivity index (χ1) is 14.8. The fourth-order valence-corrected chi connectivity index (χ4v) is 2.74. The lowest BCUT2D eigenvalue weighted by molar-refractivity contribution is 0.0946. The van der Waals surface area contributed by atoms with Gasteiger partial charge in [0, 0.05) is 25.0 Å². The number of carbonyl (C=O) groups excluding carboxylic acids is 1. The number of pyridine rings is 1. The molecular formula is C23H19N5O2. The van der Waals surface area contributed by atoms with Crippen LogP contribution < -0.4 is 15.4 Å². The Balaban J connectivity index is 1.46. The molecule has 7 heteroatoms. The predicted octanol–water partition coefficient (Wildman–Crippen LogP) is 4.34. The van der Waals surface area contributed by atoms with E-state index in [1.807, 2.05) is 66.7 Å². The van der Waals surface area contributed by atoms with Gasteiger partial charge >= 0.3 is 0 Å². The van der Waals surface area contributed by atoms with Gasteiger partial charge in [0.1, 0.15) is 23.6 Å². The number of nitrogens with zero attached hydrogens (tertiary/aromatic N) is 3. The molecule has 2 aromatic heterocycles. The fourth-order valence-electron chi connectivity index (χ4n) is 2.74. The van der Waals surface area contributed by atoms with Gasteiger partial charge in [0.05, 0.1) is 5.69 Å². The average Bonchev–Trinajstić information content (AvgIpc) is 2.80. The van der Waals surface area contributed by atoms with E-state index in [-0.39, 0.29) is 11.6 Å². The van der Waals surface area contributed by atoms with Crippen LogP contribution in [0.2, 0.25) is 0 Å². The van der Waals surface area contributed by atoms with Crippen LogP contribution in [0.15, 0.2) is 91.5 Å². The minimum absolute atomic E-state index is 0.267. The summed E-state index contributed by atoms with van der Waals surface area (Å²) in [5.41, 5.74) is 1.95. The third-order valence-corrected chi connectivity index (χ3v) is 4.22. The maximum atomic E-state index is 12.5. The summed E-state index contributed by atoms with van der Waals surface area (Å²) in [7, 11) is 0. The molecule has 7 nitrogen and oxygen atoms in total. The van der Waals surface area contributed by atoms with Crippen LogP contribution in [0.25, 0.3) is 0 Å². The van der Waals surface area contributed by atoms with Crippen LogP contribution in [0.5, 0.6) is 11.5 Å². The summed E-state index contributed by atoms with van der Waals surface area (Å²) in [6, 6.07) is 22.3. The van der Waals surface area contributed by atoms with E-state index < -0.39 is 0 Å². The molecule has 0 radical (unpaired) electrons. The minimum atomic E-state index is -0.286. The molecule has 0 saturated heterocycles. The molecule has 30 heavy (non-hydrogen) atoms. The van der Waals surface area contributed by atoms with Crippen LogP contribution in [-0.4, -0.2) is 20.9 Å². The Labute approximate surface area is 173 Å². The molecule has 0 bridgehead atoms. The lowest BCUT2D eigenvalue weighted by atomic mass is 10.2. The smallest absolute Gasteiger partial charge is 0.270 e. The van der Waals surface area contributed by atoms with E-state index in [4.69, 9.17) is 4.74 Å². The Hall–Kier alpha value is -4.26. The van der Waals surface area contributed by atoms with Crippen molar-refractivity contribution in [3.8, 4) is 11.5 Å². The first-order valence-electron chi connectivity index (χ1n) is 9.36. The third kappa shape index (κ3) is 4.96. The molecule has 2 aromatic carbocycles. The second-order valence-corrected chi connectivity index (χ2v) is 6.36. The van der Waals surface area contributed by atoms with Crippen LogP contribution in [0.3, 0.4) is 0 Å². The van der Waals surface area contributed by atoms with Crippen molar-refractivity contribution in [3.05, 3.63) is 103 Å². The number of nitrogens with one attached hydrogen (secondary N) is 2. The zero-order valence-corrected chi connectivity index (χ0v) is 16.0. The van der Waals surface area contributed by atoms with Gasteiger partial charge in [-0.15, -0.1) is 0 Å². The highest BCUT2D eigenvalue weighted by atomic mass is 16.5. The summed E-state index contributed by atoms with van der Waals surface area (Å²) >= 11 is 0. The molecule has 0 saturated carbocycles. The largest absolute Gasteiger partial charge is 0.455 e. The Morgan fingerprint density at radius 2 is 1.67 bits per heavy atom. The number of anilines is 2. The Kier molecular flexibility index (Phi) is 5.91. The number of carbonyl (C=O) groups is 1. The van der Waals surface area contributed by atoms with E-state index in [0.717, 1.165) is 17.0 Å². The maximum Gasteiger partial charge on any atom is 0.270 e. The van der Waals surface area contributed by atoms with Crippen LogP contribution in [0, 0.1) is 0 Å². The Bertz CT molecular complexity index is 1120. The molecule has 4 rings (SSSR count). The van der Waals surface area contributed by atoms with Crippen molar-refractivity contribution < 1.29 is 9.53 Å². The number of aromatic nitrogens is 3. The van der Waals surface area contributed by atoms with Crippen LogP contribution >= 0.6 is 0 Å². The van der Waals surface area contributed by atoms with E-state index in [1.54, 1.807) is 18.5 Å². The van der Waals surface area contributed by atoms with E-state index >= 15 is 0 Å². The van der Waals surface area contributed by atoms with Gasteiger partial charge in [0.2, 0.25) is 0 Å². The summed E-state index contributed by atoms with van der Waals surface area (Å²) in [4.78, 5) is 24.7. The number of benzene rings is 2. The quantitative estimate of drug-likeness (QED) is 0.482. The zero-order valence-electron chi connectivity index (χ0n) is 16.0. The van der Waals surface area contributed by atoms with E-state index in [0.29, 0.717) is 18.1 Å². The van der Waals surface area contributed by atoms with Gasteiger partial charge in [-0.3, -0.25) is 9.78 Å². The lowest BCUT2D eigenvalue weighted by Gasteiger charge is -2.13. The maximum absolute atomic E-state index is 12.5. The molecule has 1 amide bonds. The summed E-state index contributed by atoms with van der Waals surface area (Å²) in [6.45, 7) is 0.391. The van der Waals surface area contributed by atoms with Gasteiger partial charge in [-0.25, -0.2) is 9.97 Å². The molecular weight excluding hydrogens is 378 g/mol. The van der Waals surface area contributed by atoms with Crippen molar-refractivity contribution in [1.82, 2.24) is 20.3 Å². The lowest BCUT2D eigenvalue weighted by Crippen LogP contribution is -2.24. The monoisotopic (exact) mass is 397 g/mol. The normalized spacial score (nSPS) is 10.3. The molecule has 0 aliphatic rings. The minimum Gasteiger partial charge on any atom is -0.455 e. The van der Waals surface area contributed by atoms with Gasteiger partial charge in [-0.05, 0) is 42.0 Å². The molecule has 0 aliphatic heterocycles. The number of rotatable bonds is 7. The number of hydrogen-bond donors (Lipinski definition) is 2. The van der Waals surface area contributed by atoms with E-state index in [1.165, 1.54) is 6.33 Å². The van der Waals surface area contributed by atoms with Gasteiger partial charge in [-0.1, -0.05) is 30.3 Å². The topological polar surface area (TPSA) is 89.0 Å². The second-order valence-electron chi connectivity index (χ2n) is 6.36. The highest BCUT2D eigenvalue weighted by Gasteiger charge is 2.10. The average molecular weight is 397 g/mol. The molecule has 148 valence electrons. The third-order valence-electron chi connectivity index (χ3n) is 4.22. The summed E-state index contributed by atoms with van der Waals surface area (Å²) in [6.07, 6.45) is 4.72. The first-order valence-corrected chi connectivity index (χ1v) is 9.36. The Morgan fingerprint density at radius 3 is 2.50 bits per heavy atom. The van der Waals surface area contributed by atoms with Crippen molar-refractivity contribution >= 4 is 17.4 Å². The molecule has 2 N–H and O–H groups in total. The predicted molar refractivity (Wildman–Crippen MR) is 114 cm³/mol. The summed E-state index contributed by atoms with van der Waals surface area (Å²) in [5, 5.41) is 6.04. The van der Waals surface area contributed by atoms with Crippen molar-refractivity contribution in [2.24, 2.45) is 0 Å². The number of hydrogen-bond acceptors (Lipinski definition) is 6. The summed E-state index contributed by atoms with van der Waals surface area (Å²) in [5.74, 6) is 1.57. The van der Waals surface area contributed by atoms with Gasteiger partial charge in [0.15, 0.2) is 5.75 Å². The number of amides is 1. The molecule has 0 atom stereocenters.